The number of aryl methyl sites for hydroxylation is 4. The third-order valence-corrected chi connectivity index (χ3v) is 6.92. The number of carbonyl (C=O) groups is 1. The van der Waals surface area contributed by atoms with Crippen LogP contribution in [-0.2, 0) is 25.8 Å². The van der Waals surface area contributed by atoms with Crippen LogP contribution in [0.15, 0.2) is 30.3 Å². The number of piperidine rings is 1. The Hall–Kier alpha value is -2.46. The number of H-pyrrole nitrogens is 1. The van der Waals surface area contributed by atoms with Gasteiger partial charge in [0.2, 0.25) is 0 Å². The van der Waals surface area contributed by atoms with Crippen molar-refractivity contribution in [3.63, 3.8) is 0 Å². The number of Topliss-reactive ketones (excluding diaryl/α,β-unsaturated/α-hetero) is 1. The number of benzene rings is 2. The molecule has 1 aliphatic heterocycles. The van der Waals surface area contributed by atoms with Gasteiger partial charge in [0.05, 0.1) is 19.0 Å². The van der Waals surface area contributed by atoms with Gasteiger partial charge in [-0.1, -0.05) is 37.3 Å². The van der Waals surface area contributed by atoms with Crippen LogP contribution in [-0.4, -0.2) is 28.8 Å². The number of ketones is 1. The molecule has 1 unspecified atom stereocenters. The van der Waals surface area contributed by atoms with Crippen LogP contribution in [0.25, 0.3) is 10.8 Å². The number of aromatic amines is 1. The van der Waals surface area contributed by atoms with Crippen LogP contribution in [0.3, 0.4) is 0 Å². The number of hydrogen-bond acceptors (Lipinski definition) is 2. The van der Waals surface area contributed by atoms with Crippen molar-refractivity contribution in [3.05, 3.63) is 64.2 Å². The lowest BCUT2D eigenvalue weighted by Crippen LogP contribution is -3.12. The molecule has 0 amide bonds. The average molecular weight is 389 g/mol. The van der Waals surface area contributed by atoms with Gasteiger partial charge in [0.15, 0.2) is 5.78 Å². The fourth-order valence-corrected chi connectivity index (χ4v) is 5.36. The number of nitrogens with zero attached hydrogens (tertiary/aromatic N) is 1. The molecule has 4 heteroatoms. The number of likely N-dealkylation sites (tertiary alicyclic amines) is 1. The summed E-state index contributed by atoms with van der Waals surface area (Å²) in [7, 11) is 0. The van der Waals surface area contributed by atoms with Crippen molar-refractivity contribution < 1.29 is 9.69 Å². The molecule has 0 radical (unpaired) electrons. The van der Waals surface area contributed by atoms with Crippen LogP contribution in [0, 0.1) is 12.8 Å². The van der Waals surface area contributed by atoms with Crippen molar-refractivity contribution in [1.29, 1.82) is 0 Å². The Bertz CT molecular complexity index is 1070. The van der Waals surface area contributed by atoms with E-state index in [0.29, 0.717) is 5.78 Å². The number of nitrogens with one attached hydrogen (secondary N) is 2. The van der Waals surface area contributed by atoms with Gasteiger partial charge in [0, 0.05) is 17.7 Å². The van der Waals surface area contributed by atoms with Crippen molar-refractivity contribution in [2.45, 2.75) is 52.5 Å². The lowest BCUT2D eigenvalue weighted by molar-refractivity contribution is -0.921. The molecule has 2 N–H and O–H groups in total. The van der Waals surface area contributed by atoms with E-state index in [0.717, 1.165) is 68.8 Å². The first-order valence-electron chi connectivity index (χ1n) is 11.1. The Kier molecular flexibility index (Phi) is 4.75. The van der Waals surface area contributed by atoms with E-state index in [1.807, 2.05) is 0 Å². The lowest BCUT2D eigenvalue weighted by Gasteiger charge is -2.29. The molecule has 1 fully saturated rings. The Balaban J connectivity index is 1.38. The maximum absolute atomic E-state index is 13.5. The van der Waals surface area contributed by atoms with Crippen LogP contribution in [0.5, 0.6) is 0 Å². The number of aromatic nitrogens is 2. The van der Waals surface area contributed by atoms with Crippen LogP contribution >= 0.6 is 0 Å². The van der Waals surface area contributed by atoms with E-state index in [-0.39, 0.29) is 5.92 Å². The van der Waals surface area contributed by atoms with Crippen molar-refractivity contribution in [3.8, 4) is 0 Å². The van der Waals surface area contributed by atoms with Gasteiger partial charge in [0.25, 0.3) is 0 Å². The Labute approximate surface area is 172 Å². The molecule has 0 bridgehead atoms. The Morgan fingerprint density at radius 3 is 2.83 bits per heavy atom. The van der Waals surface area contributed by atoms with E-state index in [4.69, 9.17) is 4.98 Å². The molecule has 5 rings (SSSR count). The second-order valence-electron chi connectivity index (χ2n) is 8.80. The topological polar surface area (TPSA) is 50.2 Å². The summed E-state index contributed by atoms with van der Waals surface area (Å²) in [5.41, 5.74) is 6.08. The maximum Gasteiger partial charge on any atom is 0.172 e. The van der Waals surface area contributed by atoms with E-state index >= 15 is 0 Å². The summed E-state index contributed by atoms with van der Waals surface area (Å²) >= 11 is 0. The largest absolute Gasteiger partial charge is 0.346 e. The van der Waals surface area contributed by atoms with Crippen LogP contribution < -0.4 is 4.90 Å². The summed E-state index contributed by atoms with van der Waals surface area (Å²) < 4.78 is 0. The third-order valence-electron chi connectivity index (χ3n) is 6.92. The normalized spacial score (nSPS) is 21.0. The van der Waals surface area contributed by atoms with Gasteiger partial charge in [-0.15, -0.1) is 0 Å². The zero-order valence-electron chi connectivity index (χ0n) is 17.5. The van der Waals surface area contributed by atoms with Crippen LogP contribution in [0.1, 0.15) is 58.5 Å². The maximum atomic E-state index is 13.5. The standard InChI is InChI=1S/C25H29N3O/c1-3-23-26-16(2)22(27-23)15-28-13-5-7-19(14-28)25(29)21-12-11-18-10-9-17-6-4-8-20(21)24(17)18/h4,6,8,11-12,19H,3,5,7,9-10,13-15H2,1-2H3,(H,26,27)/p+1/t19-/m1/s1. The summed E-state index contributed by atoms with van der Waals surface area (Å²) in [6, 6.07) is 10.8. The minimum absolute atomic E-state index is 0.113. The molecule has 0 spiro atoms. The SMILES string of the molecule is CCc1nc(C[NH+]2CCC[C@@H](C(=O)c3ccc4c5c(cccc35)CC4)C2)c(C)[nH]1. The minimum Gasteiger partial charge on any atom is -0.346 e. The van der Waals surface area contributed by atoms with Gasteiger partial charge in [-0.25, -0.2) is 4.98 Å². The highest BCUT2D eigenvalue weighted by atomic mass is 16.1. The quantitative estimate of drug-likeness (QED) is 0.660. The lowest BCUT2D eigenvalue weighted by atomic mass is 9.87. The zero-order chi connectivity index (χ0) is 20.0. The van der Waals surface area contributed by atoms with Crippen LogP contribution in [0.4, 0.5) is 0 Å². The second kappa shape index (κ2) is 7.42. The molecular formula is C25H30N3O+. The smallest absolute Gasteiger partial charge is 0.172 e. The van der Waals surface area contributed by atoms with Gasteiger partial charge in [-0.3, -0.25) is 4.79 Å². The van der Waals surface area contributed by atoms with E-state index in [9.17, 15) is 4.79 Å². The number of imidazole rings is 1. The van der Waals surface area contributed by atoms with Crippen LogP contribution in [0.2, 0.25) is 0 Å². The highest BCUT2D eigenvalue weighted by molar-refractivity contribution is 6.11. The Morgan fingerprint density at radius 1 is 1.21 bits per heavy atom. The molecule has 2 aliphatic rings. The van der Waals surface area contributed by atoms with Crippen molar-refractivity contribution in [2.75, 3.05) is 13.1 Å². The Morgan fingerprint density at radius 2 is 2.03 bits per heavy atom. The predicted octanol–water partition coefficient (Wildman–Crippen LogP) is 3.21. The van der Waals surface area contributed by atoms with Gasteiger partial charge < -0.3 is 9.88 Å². The number of quaternary nitrogens is 1. The third kappa shape index (κ3) is 3.29. The first-order valence-corrected chi connectivity index (χ1v) is 11.1. The van der Waals surface area contributed by atoms with Gasteiger partial charge in [0.1, 0.15) is 18.1 Å². The van der Waals surface area contributed by atoms with Crippen molar-refractivity contribution >= 4 is 16.6 Å². The molecule has 1 saturated heterocycles. The molecule has 4 nitrogen and oxygen atoms in total. The molecular weight excluding hydrogens is 358 g/mol. The van der Waals surface area contributed by atoms with Gasteiger partial charge in [-0.2, -0.15) is 0 Å². The predicted molar refractivity (Wildman–Crippen MR) is 116 cm³/mol. The minimum atomic E-state index is 0.113. The summed E-state index contributed by atoms with van der Waals surface area (Å²) in [6.45, 7) is 7.19. The zero-order valence-corrected chi connectivity index (χ0v) is 17.5. The van der Waals surface area contributed by atoms with Gasteiger partial charge in [-0.05, 0) is 54.5 Å². The summed E-state index contributed by atoms with van der Waals surface area (Å²) in [4.78, 5) is 23.2. The highest BCUT2D eigenvalue weighted by Crippen LogP contribution is 2.34. The molecule has 2 atom stereocenters. The molecule has 2 heterocycles. The monoisotopic (exact) mass is 388 g/mol. The highest BCUT2D eigenvalue weighted by Gasteiger charge is 2.31. The molecule has 150 valence electrons. The molecule has 1 aliphatic carbocycles. The van der Waals surface area contributed by atoms with Crippen molar-refractivity contribution in [1.82, 2.24) is 9.97 Å². The first-order chi connectivity index (χ1) is 14.1. The van der Waals surface area contributed by atoms with Gasteiger partial charge >= 0.3 is 0 Å². The fraction of sp³-hybridized carbons (Fsp3) is 0.440. The molecule has 29 heavy (non-hydrogen) atoms. The second-order valence-corrected chi connectivity index (χ2v) is 8.80. The number of rotatable bonds is 5. The van der Waals surface area contributed by atoms with E-state index in [1.165, 1.54) is 32.5 Å². The van der Waals surface area contributed by atoms with E-state index < -0.39 is 0 Å². The number of carbonyl (C=O) groups excluding carboxylic acids is 1. The van der Waals surface area contributed by atoms with E-state index in [2.05, 4.69) is 49.2 Å². The molecule has 0 saturated carbocycles. The van der Waals surface area contributed by atoms with E-state index in [1.54, 1.807) is 0 Å². The molecule has 2 aromatic carbocycles. The summed E-state index contributed by atoms with van der Waals surface area (Å²) in [6.07, 6.45) is 5.26. The summed E-state index contributed by atoms with van der Waals surface area (Å²) in [5.74, 6) is 1.52. The van der Waals surface area contributed by atoms with Crippen molar-refractivity contribution in [2.24, 2.45) is 5.92 Å². The average Bonchev–Trinajstić information content (AvgIpc) is 3.33. The summed E-state index contributed by atoms with van der Waals surface area (Å²) in [5, 5.41) is 2.52. The number of hydrogen-bond donors (Lipinski definition) is 2. The molecule has 1 aromatic heterocycles. The first kappa shape index (κ1) is 18.6. The molecule has 3 aromatic rings. The fourth-order valence-electron chi connectivity index (χ4n) is 5.36.